The Bertz CT molecular complexity index is 1120. The van der Waals surface area contributed by atoms with Gasteiger partial charge in [0.15, 0.2) is 13.7 Å². The fourth-order valence-electron chi connectivity index (χ4n) is 4.10. The molecular weight excluding hydrogens is 524 g/mol. The van der Waals surface area contributed by atoms with Gasteiger partial charge in [0, 0.05) is 10.0 Å². The van der Waals surface area contributed by atoms with Crippen molar-refractivity contribution in [1.82, 2.24) is 0 Å². The molecule has 0 saturated heterocycles. The molecule has 0 fully saturated rings. The van der Waals surface area contributed by atoms with E-state index in [4.69, 9.17) is 27.7 Å². The van der Waals surface area contributed by atoms with E-state index >= 15 is 0 Å². The van der Waals surface area contributed by atoms with E-state index in [9.17, 15) is 31.4 Å². The van der Waals surface area contributed by atoms with Crippen LogP contribution in [0.2, 0.25) is 10.0 Å². The highest BCUT2D eigenvalue weighted by atomic mass is 35.5. The normalized spacial score (nSPS) is 18.1. The highest BCUT2D eigenvalue weighted by Crippen LogP contribution is 2.65. The second kappa shape index (κ2) is 8.68. The van der Waals surface area contributed by atoms with Crippen molar-refractivity contribution in [2.24, 2.45) is 0 Å². The summed E-state index contributed by atoms with van der Waals surface area (Å²) in [5, 5.41) is 12.3. The number of benzene rings is 3. The lowest BCUT2D eigenvalue weighted by Crippen LogP contribution is -2.54. The van der Waals surface area contributed by atoms with Gasteiger partial charge in [-0.05, 0) is 41.5 Å². The number of halogens is 8. The van der Waals surface area contributed by atoms with Crippen molar-refractivity contribution in [2.75, 3.05) is 6.16 Å². The second-order valence-corrected chi connectivity index (χ2v) is 10.6. The molecule has 3 aromatic rings. The average molecular weight is 540 g/mol. The molecular formula is C23H16Cl2F6O2P+. The van der Waals surface area contributed by atoms with Crippen LogP contribution in [0.15, 0.2) is 72.8 Å². The smallest absolute Gasteiger partial charge is 0.376 e. The van der Waals surface area contributed by atoms with E-state index in [-0.39, 0.29) is 16.4 Å². The summed E-state index contributed by atoms with van der Waals surface area (Å²) < 4.78 is 89.0. The lowest BCUT2D eigenvalue weighted by molar-refractivity contribution is -0.361. The second-order valence-electron chi connectivity index (χ2n) is 7.80. The van der Waals surface area contributed by atoms with Gasteiger partial charge < -0.3 is 5.11 Å². The molecule has 1 atom stereocenters. The number of hydrogen-bond donors (Lipinski definition) is 1. The molecule has 4 rings (SSSR count). The summed E-state index contributed by atoms with van der Waals surface area (Å²) in [5.74, 6) is 0. The van der Waals surface area contributed by atoms with E-state index in [0.717, 1.165) is 12.1 Å². The van der Waals surface area contributed by atoms with Crippen molar-refractivity contribution in [2.45, 2.75) is 23.6 Å². The number of rotatable bonds is 4. The summed E-state index contributed by atoms with van der Waals surface area (Å²) in [6.07, 6.45) is -12.1. The van der Waals surface area contributed by atoms with Gasteiger partial charge in [-0.1, -0.05) is 65.7 Å². The van der Waals surface area contributed by atoms with Crippen LogP contribution in [-0.2, 0) is 15.7 Å². The molecule has 2 nitrogen and oxygen atoms in total. The number of hydrogen-bond acceptors (Lipinski definition) is 2. The van der Waals surface area contributed by atoms with Crippen LogP contribution in [0.3, 0.4) is 0 Å². The van der Waals surface area contributed by atoms with Gasteiger partial charge in [-0.3, -0.25) is 0 Å². The zero-order chi connectivity index (χ0) is 24.9. The molecule has 0 saturated carbocycles. The first-order valence-electron chi connectivity index (χ1n) is 9.82. The molecule has 0 aliphatic carbocycles. The summed E-state index contributed by atoms with van der Waals surface area (Å²) in [5.41, 5.74) is -7.00. The molecule has 1 aliphatic rings. The third-order valence-corrected chi connectivity index (χ3v) is 8.67. The van der Waals surface area contributed by atoms with Crippen molar-refractivity contribution in [3.8, 4) is 0 Å². The van der Waals surface area contributed by atoms with Crippen LogP contribution in [0.1, 0.15) is 16.7 Å². The zero-order valence-corrected chi connectivity index (χ0v) is 19.5. The Morgan fingerprint density at radius 2 is 1.18 bits per heavy atom. The van der Waals surface area contributed by atoms with Crippen molar-refractivity contribution >= 4 is 36.7 Å². The lowest BCUT2D eigenvalue weighted by Gasteiger charge is -2.32. The van der Waals surface area contributed by atoms with Gasteiger partial charge in [0.1, 0.15) is 11.5 Å². The average Bonchev–Trinajstić information content (AvgIpc) is 3.10. The molecule has 1 unspecified atom stereocenters. The lowest BCUT2D eigenvalue weighted by atomic mass is 9.88. The Balaban J connectivity index is 1.87. The third kappa shape index (κ3) is 4.10. The Morgan fingerprint density at radius 1 is 0.735 bits per heavy atom. The predicted molar refractivity (Wildman–Crippen MR) is 120 cm³/mol. The minimum atomic E-state index is -5.77. The monoisotopic (exact) mass is 539 g/mol. The molecule has 34 heavy (non-hydrogen) atoms. The molecule has 0 bridgehead atoms. The molecule has 0 amide bonds. The van der Waals surface area contributed by atoms with Gasteiger partial charge in [-0.25, -0.2) is 4.52 Å². The van der Waals surface area contributed by atoms with E-state index in [0.29, 0.717) is 10.0 Å². The van der Waals surface area contributed by atoms with Crippen molar-refractivity contribution in [1.29, 1.82) is 0 Å². The third-order valence-electron chi connectivity index (χ3n) is 5.74. The molecule has 0 radical (unpaired) electrons. The maximum absolute atomic E-state index is 14.0. The molecule has 1 aliphatic heterocycles. The summed E-state index contributed by atoms with van der Waals surface area (Å²) in [7, 11) is -3.07. The Kier molecular flexibility index (Phi) is 6.45. The maximum atomic E-state index is 14.0. The van der Waals surface area contributed by atoms with Crippen molar-refractivity contribution in [3.05, 3.63) is 99.5 Å². The van der Waals surface area contributed by atoms with Crippen LogP contribution in [0, 0.1) is 0 Å². The van der Waals surface area contributed by atoms with Gasteiger partial charge in [-0.15, -0.1) is 0 Å². The standard InChI is InChI=1S/C23H15Cl2F6O2P/c24-16-9-5-14(6-10-16)20(32,15-7-11-17(25)12-8-15)13-34-19-4-2-1-3-18(19)21(33-34,22(26,27)28)23(29,30)31/h1-12,32H,13H2/p+1. The Labute approximate surface area is 201 Å². The first-order valence-corrected chi connectivity index (χ1v) is 12.2. The fourth-order valence-corrected chi connectivity index (χ4v) is 7.15. The van der Waals surface area contributed by atoms with Crippen LogP contribution >= 0.6 is 31.4 Å². The molecule has 1 heterocycles. The first-order chi connectivity index (χ1) is 15.8. The minimum Gasteiger partial charge on any atom is -0.376 e. The quantitative estimate of drug-likeness (QED) is 0.285. The number of fused-ring (bicyclic) bond motifs is 1. The molecule has 180 valence electrons. The number of alkyl halides is 6. The zero-order valence-electron chi connectivity index (χ0n) is 17.0. The van der Waals surface area contributed by atoms with Gasteiger partial charge in [0.25, 0.3) is 0 Å². The molecule has 0 aromatic heterocycles. The van der Waals surface area contributed by atoms with Gasteiger partial charge in [-0.2, -0.15) is 26.3 Å². The van der Waals surface area contributed by atoms with Crippen LogP contribution in [0.4, 0.5) is 26.3 Å². The number of aliphatic hydroxyl groups is 1. The van der Waals surface area contributed by atoms with E-state index in [1.807, 2.05) is 0 Å². The summed E-state index contributed by atoms with van der Waals surface area (Å²) in [6.45, 7) is 0. The molecule has 11 heteroatoms. The maximum Gasteiger partial charge on any atom is 0.435 e. The molecule has 3 aromatic carbocycles. The van der Waals surface area contributed by atoms with Crippen LogP contribution in [0.5, 0.6) is 0 Å². The van der Waals surface area contributed by atoms with E-state index < -0.39 is 43.4 Å². The summed E-state index contributed by atoms with van der Waals surface area (Å²) in [6, 6.07) is 16.1. The van der Waals surface area contributed by atoms with Crippen LogP contribution in [0.25, 0.3) is 0 Å². The first kappa shape index (κ1) is 25.3. The van der Waals surface area contributed by atoms with Crippen LogP contribution in [-0.4, -0.2) is 23.6 Å². The Morgan fingerprint density at radius 3 is 1.62 bits per heavy atom. The van der Waals surface area contributed by atoms with Crippen LogP contribution < -0.4 is 5.30 Å². The highest BCUT2D eigenvalue weighted by Gasteiger charge is 2.80. The largest absolute Gasteiger partial charge is 0.435 e. The Hall–Kier alpha value is -1.83. The molecule has 1 N–H and O–H groups in total. The fraction of sp³-hybridized carbons (Fsp3) is 0.217. The SMILES string of the molecule is OC(C[PH+]1OC(C(F)(F)F)(C(F)(F)F)c2ccccc21)(c1ccc(Cl)cc1)c1ccc(Cl)cc1. The van der Waals surface area contributed by atoms with E-state index in [1.54, 1.807) is 0 Å². The summed E-state index contributed by atoms with van der Waals surface area (Å²) in [4.78, 5) is 0. The van der Waals surface area contributed by atoms with Crippen molar-refractivity contribution in [3.63, 3.8) is 0 Å². The van der Waals surface area contributed by atoms with Gasteiger partial charge >= 0.3 is 18.0 Å². The van der Waals surface area contributed by atoms with E-state index in [1.165, 1.54) is 60.7 Å². The molecule has 0 spiro atoms. The topological polar surface area (TPSA) is 29.5 Å². The highest BCUT2D eigenvalue weighted by molar-refractivity contribution is 7.61. The minimum absolute atomic E-state index is 0.205. The van der Waals surface area contributed by atoms with Gasteiger partial charge in [0.05, 0.1) is 5.56 Å². The van der Waals surface area contributed by atoms with E-state index in [2.05, 4.69) is 0 Å². The van der Waals surface area contributed by atoms with Gasteiger partial charge in [0.2, 0.25) is 0 Å². The predicted octanol–water partition coefficient (Wildman–Crippen LogP) is 7.03. The van der Waals surface area contributed by atoms with Crippen molar-refractivity contribution < 1.29 is 36.0 Å². The summed E-state index contributed by atoms with van der Waals surface area (Å²) >= 11 is 11.9.